The molecule has 6 heteroatoms. The smallest absolute Gasteiger partial charge is 0.305 e. The number of nitrogens with zero attached hydrogens (tertiary/aromatic N) is 4. The molecule has 0 saturated heterocycles. The Labute approximate surface area is 100 Å². The fourth-order valence-corrected chi connectivity index (χ4v) is 1.41. The highest BCUT2D eigenvalue weighted by atomic mass is 16.5. The van der Waals surface area contributed by atoms with Gasteiger partial charge in [-0.1, -0.05) is 6.42 Å². The third kappa shape index (κ3) is 5.11. The molecule has 0 aliphatic heterocycles. The van der Waals surface area contributed by atoms with Crippen LogP contribution in [0.25, 0.3) is 0 Å². The second-order valence-corrected chi connectivity index (χ2v) is 3.56. The third-order valence-electron chi connectivity index (χ3n) is 2.21. The van der Waals surface area contributed by atoms with Gasteiger partial charge in [-0.05, 0) is 19.8 Å². The molecule has 0 atom stereocenters. The first kappa shape index (κ1) is 13.2. The third-order valence-corrected chi connectivity index (χ3v) is 2.21. The summed E-state index contributed by atoms with van der Waals surface area (Å²) in [4.78, 5) is 14.8. The molecule has 0 saturated carbocycles. The number of carbonyl (C=O) groups excluding carboxylic acids is 1. The van der Waals surface area contributed by atoms with Crippen molar-refractivity contribution in [1.82, 2.24) is 14.8 Å². The molecule has 0 aliphatic carbocycles. The highest BCUT2D eigenvalue weighted by molar-refractivity contribution is 5.69. The van der Waals surface area contributed by atoms with Gasteiger partial charge in [0.2, 0.25) is 0 Å². The summed E-state index contributed by atoms with van der Waals surface area (Å²) in [7, 11) is 0. The number of hydrogen-bond acceptors (Lipinski definition) is 5. The quantitative estimate of drug-likeness (QED) is 0.526. The van der Waals surface area contributed by atoms with Crippen molar-refractivity contribution >= 4 is 5.97 Å². The molecule has 0 bridgehead atoms. The molecule has 17 heavy (non-hydrogen) atoms. The number of carbonyl (C=O) groups is 1. The average Bonchev–Trinajstić information content (AvgIpc) is 2.77. The predicted octanol–water partition coefficient (Wildman–Crippen LogP) is 1.27. The van der Waals surface area contributed by atoms with Gasteiger partial charge >= 0.3 is 5.97 Å². The predicted molar refractivity (Wildman–Crippen MR) is 59.8 cm³/mol. The molecule has 0 unspecified atom stereocenters. The maximum Gasteiger partial charge on any atom is 0.305 e. The van der Waals surface area contributed by atoms with E-state index in [1.807, 2.05) is 6.07 Å². The number of ether oxygens (including phenoxy) is 1. The van der Waals surface area contributed by atoms with Gasteiger partial charge in [0.1, 0.15) is 12.4 Å². The molecule has 0 radical (unpaired) electrons. The zero-order chi connectivity index (χ0) is 12.5. The maximum absolute atomic E-state index is 11.0. The van der Waals surface area contributed by atoms with Crippen LogP contribution in [0.1, 0.15) is 38.4 Å². The van der Waals surface area contributed by atoms with Crippen LogP contribution in [0, 0.1) is 11.3 Å². The first-order valence-electron chi connectivity index (χ1n) is 5.71. The minimum atomic E-state index is -0.139. The molecule has 1 aromatic rings. The molecular weight excluding hydrogens is 220 g/mol. The summed E-state index contributed by atoms with van der Waals surface area (Å²) in [5.41, 5.74) is 0. The van der Waals surface area contributed by atoms with Crippen molar-refractivity contribution in [1.29, 1.82) is 5.26 Å². The molecule has 1 aromatic heterocycles. The SMILES string of the molecule is CCOC(=O)CCCCCn1cnc(C#N)n1. The van der Waals surface area contributed by atoms with Gasteiger partial charge in [0.05, 0.1) is 6.61 Å². The van der Waals surface area contributed by atoms with Crippen LogP contribution in [0.4, 0.5) is 0 Å². The Balaban J connectivity index is 2.08. The van der Waals surface area contributed by atoms with Gasteiger partial charge in [-0.15, -0.1) is 5.10 Å². The summed E-state index contributed by atoms with van der Waals surface area (Å²) in [6, 6.07) is 1.87. The van der Waals surface area contributed by atoms with Gasteiger partial charge in [0.15, 0.2) is 0 Å². The molecule has 1 heterocycles. The normalized spacial score (nSPS) is 9.88. The minimum Gasteiger partial charge on any atom is -0.466 e. The van der Waals surface area contributed by atoms with Gasteiger partial charge in [-0.2, -0.15) is 5.26 Å². The number of hydrogen-bond donors (Lipinski definition) is 0. The molecule has 0 aromatic carbocycles. The highest BCUT2D eigenvalue weighted by Gasteiger charge is 2.02. The maximum atomic E-state index is 11.0. The number of unbranched alkanes of at least 4 members (excludes halogenated alkanes) is 2. The second kappa shape index (κ2) is 7.39. The topological polar surface area (TPSA) is 80.8 Å². The van der Waals surface area contributed by atoms with Crippen LogP contribution in [-0.4, -0.2) is 27.3 Å². The minimum absolute atomic E-state index is 0.139. The Morgan fingerprint density at radius 2 is 2.35 bits per heavy atom. The van der Waals surface area contributed by atoms with Crippen molar-refractivity contribution in [3.63, 3.8) is 0 Å². The number of esters is 1. The molecule has 0 amide bonds. The van der Waals surface area contributed by atoms with Crippen molar-refractivity contribution in [2.45, 2.75) is 39.2 Å². The van der Waals surface area contributed by atoms with E-state index in [1.54, 1.807) is 17.9 Å². The van der Waals surface area contributed by atoms with Gasteiger partial charge in [-0.25, -0.2) is 4.98 Å². The summed E-state index contributed by atoms with van der Waals surface area (Å²) in [5, 5.41) is 12.5. The van der Waals surface area contributed by atoms with Crippen LogP contribution in [0.15, 0.2) is 6.33 Å². The van der Waals surface area contributed by atoms with Crippen LogP contribution in [-0.2, 0) is 16.1 Å². The van der Waals surface area contributed by atoms with E-state index in [1.165, 1.54) is 0 Å². The van der Waals surface area contributed by atoms with E-state index < -0.39 is 0 Å². The number of rotatable bonds is 7. The van der Waals surface area contributed by atoms with E-state index in [-0.39, 0.29) is 11.8 Å². The van der Waals surface area contributed by atoms with Crippen molar-refractivity contribution < 1.29 is 9.53 Å². The zero-order valence-electron chi connectivity index (χ0n) is 9.93. The number of nitriles is 1. The lowest BCUT2D eigenvalue weighted by Gasteiger charge is -2.02. The van der Waals surface area contributed by atoms with E-state index in [0.717, 1.165) is 25.8 Å². The Bertz CT molecular complexity index is 394. The lowest BCUT2D eigenvalue weighted by atomic mass is 10.2. The summed E-state index contributed by atoms with van der Waals surface area (Å²) in [6.07, 6.45) is 4.67. The summed E-state index contributed by atoms with van der Waals surface area (Å²) < 4.78 is 6.46. The summed E-state index contributed by atoms with van der Waals surface area (Å²) in [6.45, 7) is 2.96. The largest absolute Gasteiger partial charge is 0.466 e. The van der Waals surface area contributed by atoms with E-state index in [9.17, 15) is 4.79 Å². The number of aromatic nitrogens is 3. The first-order valence-corrected chi connectivity index (χ1v) is 5.71. The van der Waals surface area contributed by atoms with Crippen molar-refractivity contribution in [3.05, 3.63) is 12.2 Å². The lowest BCUT2D eigenvalue weighted by Crippen LogP contribution is -2.04. The summed E-state index contributed by atoms with van der Waals surface area (Å²) in [5.74, 6) is 0.0524. The monoisotopic (exact) mass is 236 g/mol. The van der Waals surface area contributed by atoms with Crippen LogP contribution >= 0.6 is 0 Å². The Kier molecular flexibility index (Phi) is 5.72. The average molecular weight is 236 g/mol. The molecular formula is C11H16N4O2. The van der Waals surface area contributed by atoms with Crippen molar-refractivity contribution in [2.24, 2.45) is 0 Å². The van der Waals surface area contributed by atoms with Crippen LogP contribution in [0.3, 0.4) is 0 Å². The van der Waals surface area contributed by atoms with Gasteiger partial charge < -0.3 is 4.74 Å². The van der Waals surface area contributed by atoms with Crippen LogP contribution in [0.5, 0.6) is 0 Å². The molecule has 6 nitrogen and oxygen atoms in total. The molecule has 0 aliphatic rings. The van der Waals surface area contributed by atoms with Crippen molar-refractivity contribution in [3.8, 4) is 6.07 Å². The van der Waals surface area contributed by atoms with Crippen LogP contribution in [0.2, 0.25) is 0 Å². The molecule has 0 spiro atoms. The van der Waals surface area contributed by atoms with Gasteiger partial charge in [0, 0.05) is 13.0 Å². The van der Waals surface area contributed by atoms with Gasteiger partial charge in [-0.3, -0.25) is 9.48 Å². The Morgan fingerprint density at radius 1 is 1.53 bits per heavy atom. The van der Waals surface area contributed by atoms with E-state index in [0.29, 0.717) is 13.0 Å². The summed E-state index contributed by atoms with van der Waals surface area (Å²) >= 11 is 0. The second-order valence-electron chi connectivity index (χ2n) is 3.56. The van der Waals surface area contributed by atoms with E-state index in [4.69, 9.17) is 10.00 Å². The molecule has 0 fully saturated rings. The zero-order valence-corrected chi connectivity index (χ0v) is 9.93. The standard InChI is InChI=1S/C11H16N4O2/c1-2-17-11(16)6-4-3-5-7-15-9-13-10(8-12)14-15/h9H,2-7H2,1H3. The van der Waals surface area contributed by atoms with E-state index >= 15 is 0 Å². The Morgan fingerprint density at radius 3 is 3.00 bits per heavy atom. The highest BCUT2D eigenvalue weighted by Crippen LogP contribution is 2.03. The Hall–Kier alpha value is -1.90. The van der Waals surface area contributed by atoms with Crippen molar-refractivity contribution in [2.75, 3.05) is 6.61 Å². The van der Waals surface area contributed by atoms with Gasteiger partial charge in [0.25, 0.3) is 5.82 Å². The fraction of sp³-hybridized carbons (Fsp3) is 0.636. The first-order chi connectivity index (χ1) is 8.26. The van der Waals surface area contributed by atoms with E-state index in [2.05, 4.69) is 10.1 Å². The number of aryl methyl sites for hydroxylation is 1. The molecule has 0 N–H and O–H groups in total. The molecule has 1 rings (SSSR count). The van der Waals surface area contributed by atoms with Crippen LogP contribution < -0.4 is 0 Å². The fourth-order valence-electron chi connectivity index (χ4n) is 1.41. The lowest BCUT2D eigenvalue weighted by molar-refractivity contribution is -0.143. The molecule has 92 valence electrons.